The topological polar surface area (TPSA) is 63.0 Å². The highest BCUT2D eigenvalue weighted by Crippen LogP contribution is 2.06. The summed E-state index contributed by atoms with van der Waals surface area (Å²) in [5.74, 6) is 1.39. The van der Waals surface area contributed by atoms with E-state index in [9.17, 15) is 0 Å². The predicted octanol–water partition coefficient (Wildman–Crippen LogP) is 0.610. The molecule has 15 heavy (non-hydrogen) atoms. The molecule has 84 valence electrons. The van der Waals surface area contributed by atoms with Crippen LogP contribution >= 0.6 is 0 Å². The third-order valence-electron chi connectivity index (χ3n) is 2.69. The van der Waals surface area contributed by atoms with Crippen molar-refractivity contribution in [3.63, 3.8) is 0 Å². The molecule has 0 bridgehead atoms. The third-order valence-corrected chi connectivity index (χ3v) is 2.69. The van der Waals surface area contributed by atoms with Gasteiger partial charge in [-0.2, -0.15) is 4.98 Å². The maximum atomic E-state index is 5.05. The first-order valence-corrected chi connectivity index (χ1v) is 5.58. The van der Waals surface area contributed by atoms with Gasteiger partial charge >= 0.3 is 0 Å². The molecule has 2 heterocycles. The van der Waals surface area contributed by atoms with Crippen LogP contribution in [0.2, 0.25) is 0 Å². The van der Waals surface area contributed by atoms with E-state index in [4.69, 9.17) is 4.52 Å². The highest BCUT2D eigenvalue weighted by Gasteiger charge is 2.12. The Labute approximate surface area is 89.6 Å². The zero-order valence-electron chi connectivity index (χ0n) is 9.12. The summed E-state index contributed by atoms with van der Waals surface area (Å²) in [6, 6.07) is 0.576. The lowest BCUT2D eigenvalue weighted by Crippen LogP contribution is -2.29. The van der Waals surface area contributed by atoms with Crippen LogP contribution in [0.5, 0.6) is 0 Å². The summed E-state index contributed by atoms with van der Waals surface area (Å²) in [5, 5.41) is 10.6. The van der Waals surface area contributed by atoms with Crippen LogP contribution in [-0.2, 0) is 6.54 Å². The van der Waals surface area contributed by atoms with Crippen molar-refractivity contribution >= 4 is 0 Å². The Morgan fingerprint density at radius 3 is 3.20 bits per heavy atom. The van der Waals surface area contributed by atoms with E-state index in [1.54, 1.807) is 0 Å². The molecule has 1 aliphatic heterocycles. The van der Waals surface area contributed by atoms with Crippen LogP contribution in [-0.4, -0.2) is 29.3 Å². The first-order valence-electron chi connectivity index (χ1n) is 5.58. The Kier molecular flexibility index (Phi) is 3.69. The Morgan fingerprint density at radius 2 is 2.40 bits per heavy atom. The largest absolute Gasteiger partial charge is 0.338 e. The third kappa shape index (κ3) is 3.28. The second-order valence-electron chi connectivity index (χ2n) is 3.99. The zero-order chi connectivity index (χ0) is 10.5. The molecule has 5 nitrogen and oxygen atoms in total. The van der Waals surface area contributed by atoms with Crippen LogP contribution in [0.1, 0.15) is 31.0 Å². The normalized spacial score (nSPS) is 22.6. The molecule has 0 aliphatic carbocycles. The summed E-state index contributed by atoms with van der Waals surface area (Å²) in [5.41, 5.74) is 0. The van der Waals surface area contributed by atoms with E-state index in [1.165, 1.54) is 19.3 Å². The molecule has 1 atom stereocenters. The molecule has 2 rings (SSSR count). The van der Waals surface area contributed by atoms with Crippen LogP contribution in [0, 0.1) is 6.92 Å². The second kappa shape index (κ2) is 5.23. The number of nitrogens with one attached hydrogen (secondary N) is 2. The fourth-order valence-corrected chi connectivity index (χ4v) is 1.87. The summed E-state index contributed by atoms with van der Waals surface area (Å²) in [4.78, 5) is 4.16. The lowest BCUT2D eigenvalue weighted by Gasteiger charge is -2.13. The molecular weight excluding hydrogens is 192 g/mol. The first kappa shape index (κ1) is 10.6. The van der Waals surface area contributed by atoms with E-state index in [0.717, 1.165) is 13.1 Å². The number of aromatic nitrogens is 2. The van der Waals surface area contributed by atoms with E-state index < -0.39 is 0 Å². The van der Waals surface area contributed by atoms with Gasteiger partial charge in [-0.25, -0.2) is 0 Å². The highest BCUT2D eigenvalue weighted by atomic mass is 16.5. The van der Waals surface area contributed by atoms with Gasteiger partial charge in [0.1, 0.15) is 0 Å². The molecular formula is C10H18N4O. The highest BCUT2D eigenvalue weighted by molar-refractivity contribution is 4.83. The van der Waals surface area contributed by atoms with E-state index in [0.29, 0.717) is 24.3 Å². The van der Waals surface area contributed by atoms with Crippen molar-refractivity contribution in [3.05, 3.63) is 11.7 Å². The van der Waals surface area contributed by atoms with Crippen LogP contribution in [0.25, 0.3) is 0 Å². The Morgan fingerprint density at radius 1 is 1.47 bits per heavy atom. The molecule has 0 spiro atoms. The molecule has 0 saturated carbocycles. The van der Waals surface area contributed by atoms with E-state index in [2.05, 4.69) is 20.8 Å². The summed E-state index contributed by atoms with van der Waals surface area (Å²) in [6.07, 6.45) is 3.63. The van der Waals surface area contributed by atoms with Crippen LogP contribution < -0.4 is 10.6 Å². The van der Waals surface area contributed by atoms with Gasteiger partial charge in [-0.15, -0.1) is 0 Å². The van der Waals surface area contributed by atoms with E-state index in [1.807, 2.05) is 6.92 Å². The van der Waals surface area contributed by atoms with Crippen molar-refractivity contribution in [2.45, 2.75) is 38.8 Å². The lowest BCUT2D eigenvalue weighted by molar-refractivity contribution is 0.348. The maximum Gasteiger partial charge on any atom is 0.240 e. The lowest BCUT2D eigenvalue weighted by atomic mass is 10.1. The molecule has 1 fully saturated rings. The van der Waals surface area contributed by atoms with Crippen LogP contribution in [0.4, 0.5) is 0 Å². The number of hydrogen-bond acceptors (Lipinski definition) is 5. The fraction of sp³-hybridized carbons (Fsp3) is 0.800. The number of aryl methyl sites for hydroxylation is 1. The number of nitrogens with zero attached hydrogens (tertiary/aromatic N) is 2. The molecule has 1 unspecified atom stereocenters. The van der Waals surface area contributed by atoms with Gasteiger partial charge in [0, 0.05) is 6.04 Å². The van der Waals surface area contributed by atoms with Crippen molar-refractivity contribution in [1.29, 1.82) is 0 Å². The van der Waals surface area contributed by atoms with Crippen LogP contribution in [0.3, 0.4) is 0 Å². The van der Waals surface area contributed by atoms with Gasteiger partial charge in [0.25, 0.3) is 0 Å². The average molecular weight is 210 g/mol. The maximum absolute atomic E-state index is 5.05. The molecule has 1 aliphatic rings. The Bertz CT molecular complexity index is 291. The van der Waals surface area contributed by atoms with Crippen molar-refractivity contribution < 1.29 is 4.52 Å². The average Bonchev–Trinajstić information content (AvgIpc) is 2.52. The molecule has 5 heteroatoms. The Balaban J connectivity index is 1.76. The minimum absolute atomic E-state index is 0.576. The SMILES string of the molecule is Cc1noc(CNC2CCCNCC2)n1. The van der Waals surface area contributed by atoms with Gasteiger partial charge in [-0.05, 0) is 39.3 Å². The van der Waals surface area contributed by atoms with Crippen molar-refractivity contribution in [2.75, 3.05) is 13.1 Å². The van der Waals surface area contributed by atoms with Crippen molar-refractivity contribution in [3.8, 4) is 0 Å². The molecule has 2 N–H and O–H groups in total. The molecule has 1 aromatic heterocycles. The second-order valence-corrected chi connectivity index (χ2v) is 3.99. The molecule has 0 radical (unpaired) electrons. The van der Waals surface area contributed by atoms with Crippen molar-refractivity contribution in [1.82, 2.24) is 20.8 Å². The van der Waals surface area contributed by atoms with Gasteiger partial charge in [-0.1, -0.05) is 5.16 Å². The predicted molar refractivity (Wildman–Crippen MR) is 56.4 cm³/mol. The van der Waals surface area contributed by atoms with Gasteiger partial charge in [0.15, 0.2) is 5.82 Å². The quantitative estimate of drug-likeness (QED) is 0.765. The molecule has 1 saturated heterocycles. The smallest absolute Gasteiger partial charge is 0.240 e. The van der Waals surface area contributed by atoms with Gasteiger partial charge in [0.2, 0.25) is 5.89 Å². The molecule has 1 aromatic rings. The minimum atomic E-state index is 0.576. The summed E-state index contributed by atoms with van der Waals surface area (Å²) >= 11 is 0. The first-order chi connectivity index (χ1) is 7.34. The summed E-state index contributed by atoms with van der Waals surface area (Å²) in [6.45, 7) is 4.76. The van der Waals surface area contributed by atoms with E-state index in [-0.39, 0.29) is 0 Å². The van der Waals surface area contributed by atoms with E-state index >= 15 is 0 Å². The fourth-order valence-electron chi connectivity index (χ4n) is 1.87. The molecule has 0 amide bonds. The van der Waals surface area contributed by atoms with Crippen LogP contribution in [0.15, 0.2) is 4.52 Å². The molecule has 0 aromatic carbocycles. The number of rotatable bonds is 3. The summed E-state index contributed by atoms with van der Waals surface area (Å²) in [7, 11) is 0. The van der Waals surface area contributed by atoms with Gasteiger partial charge < -0.3 is 15.2 Å². The standard InChI is InChI=1S/C10H18N4O/c1-8-13-10(15-14-8)7-12-9-3-2-5-11-6-4-9/h9,11-12H,2-7H2,1H3. The number of hydrogen-bond donors (Lipinski definition) is 2. The Hall–Kier alpha value is -0.940. The summed E-state index contributed by atoms with van der Waals surface area (Å²) < 4.78 is 5.05. The monoisotopic (exact) mass is 210 g/mol. The van der Waals surface area contributed by atoms with Crippen molar-refractivity contribution in [2.24, 2.45) is 0 Å². The minimum Gasteiger partial charge on any atom is -0.338 e. The van der Waals surface area contributed by atoms with Gasteiger partial charge in [-0.3, -0.25) is 0 Å². The zero-order valence-corrected chi connectivity index (χ0v) is 9.12. The van der Waals surface area contributed by atoms with Gasteiger partial charge in [0.05, 0.1) is 6.54 Å².